The first kappa shape index (κ1) is 14.8. The zero-order valence-electron chi connectivity index (χ0n) is 11.8. The molecule has 1 unspecified atom stereocenters. The van der Waals surface area contributed by atoms with E-state index < -0.39 is 0 Å². The molecular formula is C15H22N2O3. The molecule has 1 aliphatic heterocycles. The Morgan fingerprint density at radius 2 is 2.10 bits per heavy atom. The van der Waals surface area contributed by atoms with Gasteiger partial charge >= 0.3 is 0 Å². The Balaban J connectivity index is 1.76. The number of nitrogens with zero attached hydrogens (tertiary/aromatic N) is 1. The highest BCUT2D eigenvalue weighted by atomic mass is 16.5. The lowest BCUT2D eigenvalue weighted by molar-refractivity contribution is -0.127. The topological polar surface area (TPSA) is 61.8 Å². The van der Waals surface area contributed by atoms with Gasteiger partial charge in [-0.1, -0.05) is 18.2 Å². The lowest BCUT2D eigenvalue weighted by Crippen LogP contribution is -2.49. The van der Waals surface area contributed by atoms with Crippen molar-refractivity contribution in [3.63, 3.8) is 0 Å². The summed E-state index contributed by atoms with van der Waals surface area (Å²) in [7, 11) is 0. The van der Waals surface area contributed by atoms with Crippen LogP contribution in [-0.2, 0) is 16.0 Å². The van der Waals surface area contributed by atoms with Gasteiger partial charge in [-0.3, -0.25) is 9.69 Å². The van der Waals surface area contributed by atoms with Crippen LogP contribution in [0.2, 0.25) is 0 Å². The minimum absolute atomic E-state index is 0.0299. The van der Waals surface area contributed by atoms with Crippen molar-refractivity contribution in [2.24, 2.45) is 0 Å². The zero-order valence-corrected chi connectivity index (χ0v) is 11.8. The molecule has 1 saturated heterocycles. The molecule has 1 aromatic carbocycles. The molecule has 0 spiro atoms. The van der Waals surface area contributed by atoms with Crippen molar-refractivity contribution >= 4 is 5.91 Å². The fourth-order valence-electron chi connectivity index (χ4n) is 2.32. The average molecular weight is 278 g/mol. The SMILES string of the molecule is CC(C(=O)NCCc1ccccc1O)N1CCOCC1. The fraction of sp³-hybridized carbons (Fsp3) is 0.533. The van der Waals surface area contributed by atoms with Gasteiger partial charge in [0.15, 0.2) is 0 Å². The Labute approximate surface area is 119 Å². The van der Waals surface area contributed by atoms with E-state index in [9.17, 15) is 9.90 Å². The third-order valence-corrected chi connectivity index (χ3v) is 3.66. The Hall–Kier alpha value is -1.59. The van der Waals surface area contributed by atoms with Crippen molar-refractivity contribution in [2.45, 2.75) is 19.4 Å². The van der Waals surface area contributed by atoms with E-state index in [2.05, 4.69) is 10.2 Å². The van der Waals surface area contributed by atoms with E-state index in [1.807, 2.05) is 19.1 Å². The largest absolute Gasteiger partial charge is 0.508 e. The lowest BCUT2D eigenvalue weighted by atomic mass is 10.1. The van der Waals surface area contributed by atoms with E-state index in [1.165, 1.54) is 0 Å². The first-order valence-corrected chi connectivity index (χ1v) is 7.05. The molecule has 1 fully saturated rings. The van der Waals surface area contributed by atoms with Crippen molar-refractivity contribution in [3.05, 3.63) is 29.8 Å². The van der Waals surface area contributed by atoms with Crippen LogP contribution < -0.4 is 5.32 Å². The van der Waals surface area contributed by atoms with Crippen LogP contribution in [0.1, 0.15) is 12.5 Å². The molecular weight excluding hydrogens is 256 g/mol. The van der Waals surface area contributed by atoms with Gasteiger partial charge in [0, 0.05) is 19.6 Å². The number of morpholine rings is 1. The second kappa shape index (κ2) is 7.26. The van der Waals surface area contributed by atoms with Gasteiger partial charge in [-0.15, -0.1) is 0 Å². The second-order valence-corrected chi connectivity index (χ2v) is 4.99. The molecule has 1 aromatic rings. The predicted octanol–water partition coefficient (Wildman–Crippen LogP) is 0.772. The van der Waals surface area contributed by atoms with Gasteiger partial charge in [0.2, 0.25) is 5.91 Å². The molecule has 2 rings (SSSR count). The number of ether oxygens (including phenoxy) is 1. The maximum atomic E-state index is 12.1. The van der Waals surface area contributed by atoms with Crippen molar-refractivity contribution in [2.75, 3.05) is 32.8 Å². The lowest BCUT2D eigenvalue weighted by Gasteiger charge is -2.31. The van der Waals surface area contributed by atoms with Crippen LogP contribution in [0.3, 0.4) is 0 Å². The molecule has 0 aliphatic carbocycles. The van der Waals surface area contributed by atoms with Crippen molar-refractivity contribution < 1.29 is 14.6 Å². The quantitative estimate of drug-likeness (QED) is 0.835. The maximum Gasteiger partial charge on any atom is 0.237 e. The third-order valence-electron chi connectivity index (χ3n) is 3.66. The van der Waals surface area contributed by atoms with Gasteiger partial charge in [0.25, 0.3) is 0 Å². The Kier molecular flexibility index (Phi) is 5.38. The molecule has 1 aliphatic rings. The molecule has 2 N–H and O–H groups in total. The number of aromatic hydroxyl groups is 1. The number of phenolic OH excluding ortho intramolecular Hbond substituents is 1. The molecule has 1 heterocycles. The molecule has 0 radical (unpaired) electrons. The van der Waals surface area contributed by atoms with E-state index in [1.54, 1.807) is 12.1 Å². The average Bonchev–Trinajstić information content (AvgIpc) is 2.49. The van der Waals surface area contributed by atoms with Crippen LogP contribution in [0.25, 0.3) is 0 Å². The normalized spacial score (nSPS) is 17.6. The van der Waals surface area contributed by atoms with Crippen LogP contribution >= 0.6 is 0 Å². The van der Waals surface area contributed by atoms with E-state index in [0.717, 1.165) is 18.7 Å². The maximum absolute atomic E-state index is 12.1. The molecule has 0 saturated carbocycles. The molecule has 1 atom stereocenters. The standard InChI is InChI=1S/C15H22N2O3/c1-12(17-8-10-20-11-9-17)15(19)16-7-6-13-4-2-3-5-14(13)18/h2-5,12,18H,6-11H2,1H3,(H,16,19). The molecule has 5 nitrogen and oxygen atoms in total. The zero-order chi connectivity index (χ0) is 14.4. The highest BCUT2D eigenvalue weighted by Crippen LogP contribution is 2.15. The Bertz CT molecular complexity index is 444. The summed E-state index contributed by atoms with van der Waals surface area (Å²) in [5, 5.41) is 12.6. The van der Waals surface area contributed by atoms with Crippen molar-refractivity contribution in [1.82, 2.24) is 10.2 Å². The Morgan fingerprint density at radius 3 is 2.80 bits per heavy atom. The van der Waals surface area contributed by atoms with Crippen LogP contribution in [0, 0.1) is 0 Å². The monoisotopic (exact) mass is 278 g/mol. The molecule has 0 aromatic heterocycles. The number of phenols is 1. The van der Waals surface area contributed by atoms with Gasteiger partial charge in [-0.2, -0.15) is 0 Å². The van der Waals surface area contributed by atoms with Crippen LogP contribution in [0.15, 0.2) is 24.3 Å². The third kappa shape index (κ3) is 3.95. The highest BCUT2D eigenvalue weighted by molar-refractivity contribution is 5.81. The first-order chi connectivity index (χ1) is 9.68. The number of carbonyl (C=O) groups is 1. The van der Waals surface area contributed by atoms with E-state index >= 15 is 0 Å². The predicted molar refractivity (Wildman–Crippen MR) is 76.7 cm³/mol. The Morgan fingerprint density at radius 1 is 1.40 bits per heavy atom. The van der Waals surface area contributed by atoms with E-state index in [4.69, 9.17) is 4.74 Å². The van der Waals surface area contributed by atoms with E-state index in [0.29, 0.717) is 26.2 Å². The number of para-hydroxylation sites is 1. The number of benzene rings is 1. The summed E-state index contributed by atoms with van der Waals surface area (Å²) in [6, 6.07) is 7.06. The molecule has 0 bridgehead atoms. The summed E-state index contributed by atoms with van der Waals surface area (Å²) in [5.74, 6) is 0.310. The van der Waals surface area contributed by atoms with Crippen LogP contribution in [-0.4, -0.2) is 54.8 Å². The summed E-state index contributed by atoms with van der Waals surface area (Å²) >= 11 is 0. The van der Waals surface area contributed by atoms with Crippen molar-refractivity contribution in [3.8, 4) is 5.75 Å². The summed E-state index contributed by atoms with van der Waals surface area (Å²) < 4.78 is 5.28. The highest BCUT2D eigenvalue weighted by Gasteiger charge is 2.22. The first-order valence-electron chi connectivity index (χ1n) is 7.05. The summed E-state index contributed by atoms with van der Waals surface area (Å²) in [6.07, 6.45) is 0.633. The number of carbonyl (C=O) groups excluding carboxylic acids is 1. The van der Waals surface area contributed by atoms with Crippen LogP contribution in [0.5, 0.6) is 5.75 Å². The van der Waals surface area contributed by atoms with Crippen molar-refractivity contribution in [1.29, 1.82) is 0 Å². The summed E-state index contributed by atoms with van der Waals surface area (Å²) in [4.78, 5) is 14.2. The summed E-state index contributed by atoms with van der Waals surface area (Å²) in [6.45, 7) is 5.43. The number of hydrogen-bond donors (Lipinski definition) is 2. The number of hydrogen-bond acceptors (Lipinski definition) is 4. The minimum Gasteiger partial charge on any atom is -0.508 e. The molecule has 5 heteroatoms. The molecule has 1 amide bonds. The second-order valence-electron chi connectivity index (χ2n) is 4.99. The smallest absolute Gasteiger partial charge is 0.237 e. The van der Waals surface area contributed by atoms with Gasteiger partial charge in [0.05, 0.1) is 19.3 Å². The minimum atomic E-state index is -0.136. The number of amides is 1. The molecule has 20 heavy (non-hydrogen) atoms. The van der Waals surface area contributed by atoms with Gasteiger partial charge in [0.1, 0.15) is 5.75 Å². The van der Waals surface area contributed by atoms with Gasteiger partial charge < -0.3 is 15.2 Å². The van der Waals surface area contributed by atoms with Gasteiger partial charge in [-0.25, -0.2) is 0 Å². The van der Waals surface area contributed by atoms with Crippen LogP contribution in [0.4, 0.5) is 0 Å². The summed E-state index contributed by atoms with van der Waals surface area (Å²) in [5.41, 5.74) is 0.854. The molecule has 110 valence electrons. The van der Waals surface area contributed by atoms with E-state index in [-0.39, 0.29) is 17.7 Å². The van der Waals surface area contributed by atoms with Gasteiger partial charge in [-0.05, 0) is 25.0 Å². The number of rotatable bonds is 5. The fourth-order valence-corrected chi connectivity index (χ4v) is 2.32. The number of nitrogens with one attached hydrogen (secondary N) is 1.